The monoisotopic (exact) mass is 249 g/mol. The second-order valence-corrected chi connectivity index (χ2v) is 5.89. The van der Waals surface area contributed by atoms with E-state index in [4.69, 9.17) is 10.5 Å². The maximum atomic E-state index is 6.17. The Labute approximate surface area is 112 Å². The molecular formula is C16H27NO. The molecule has 0 aliphatic carbocycles. The molecule has 0 unspecified atom stereocenters. The Bertz CT molecular complexity index is 337. The molecule has 0 aromatic heterocycles. The van der Waals surface area contributed by atoms with Crippen molar-refractivity contribution in [1.82, 2.24) is 0 Å². The van der Waals surface area contributed by atoms with Crippen molar-refractivity contribution in [3.05, 3.63) is 29.8 Å². The molecule has 2 N–H and O–H groups in total. The molecule has 0 radical (unpaired) electrons. The van der Waals surface area contributed by atoms with Crippen LogP contribution < -0.4 is 10.5 Å². The summed E-state index contributed by atoms with van der Waals surface area (Å²) in [5.41, 5.74) is 7.23. The van der Waals surface area contributed by atoms with E-state index in [1.807, 2.05) is 12.1 Å². The van der Waals surface area contributed by atoms with Gasteiger partial charge in [0.15, 0.2) is 0 Å². The zero-order valence-corrected chi connectivity index (χ0v) is 12.2. The number of hydrogen-bond donors (Lipinski definition) is 1. The highest BCUT2D eigenvalue weighted by Crippen LogP contribution is 2.22. The van der Waals surface area contributed by atoms with Crippen molar-refractivity contribution in [1.29, 1.82) is 0 Å². The Kier molecular flexibility index (Phi) is 5.67. The minimum atomic E-state index is -0.148. The lowest BCUT2D eigenvalue weighted by molar-refractivity contribution is 0.131. The molecule has 0 fully saturated rings. The average molecular weight is 249 g/mol. The highest BCUT2D eigenvalue weighted by Gasteiger charge is 2.12. The van der Waals surface area contributed by atoms with Gasteiger partial charge < -0.3 is 10.5 Å². The van der Waals surface area contributed by atoms with Gasteiger partial charge >= 0.3 is 0 Å². The fourth-order valence-electron chi connectivity index (χ4n) is 1.92. The van der Waals surface area contributed by atoms with Crippen molar-refractivity contribution in [3.63, 3.8) is 0 Å². The number of rotatable bonds is 6. The van der Waals surface area contributed by atoms with Gasteiger partial charge in [0.1, 0.15) is 11.4 Å². The predicted molar refractivity (Wildman–Crippen MR) is 77.9 cm³/mol. The molecule has 0 saturated carbocycles. The van der Waals surface area contributed by atoms with Crippen molar-refractivity contribution in [2.75, 3.05) is 0 Å². The molecular weight excluding hydrogens is 222 g/mol. The first-order valence-electron chi connectivity index (χ1n) is 6.97. The molecule has 1 rings (SSSR count). The van der Waals surface area contributed by atoms with Crippen LogP contribution in [0.5, 0.6) is 5.75 Å². The maximum Gasteiger partial charge on any atom is 0.120 e. The molecule has 102 valence electrons. The molecule has 0 amide bonds. The summed E-state index contributed by atoms with van der Waals surface area (Å²) in [7, 11) is 0. The predicted octanol–water partition coefficient (Wildman–Crippen LogP) is 4.44. The molecule has 0 bridgehead atoms. The van der Waals surface area contributed by atoms with Gasteiger partial charge in [0, 0.05) is 6.04 Å². The number of nitrogens with two attached hydrogens (primary N) is 1. The van der Waals surface area contributed by atoms with Crippen LogP contribution in [0, 0.1) is 0 Å². The normalized spacial score (nSPS) is 13.4. The Morgan fingerprint density at radius 1 is 1.11 bits per heavy atom. The first-order chi connectivity index (χ1) is 8.42. The van der Waals surface area contributed by atoms with Crippen molar-refractivity contribution in [2.24, 2.45) is 5.73 Å². The molecule has 1 aromatic rings. The fourth-order valence-corrected chi connectivity index (χ4v) is 1.92. The van der Waals surface area contributed by atoms with E-state index in [0.29, 0.717) is 0 Å². The van der Waals surface area contributed by atoms with Gasteiger partial charge in [-0.05, 0) is 44.9 Å². The summed E-state index contributed by atoms with van der Waals surface area (Å²) in [4.78, 5) is 0. The quantitative estimate of drug-likeness (QED) is 0.756. The van der Waals surface area contributed by atoms with Crippen LogP contribution in [0.4, 0.5) is 0 Å². The molecule has 1 atom stereocenters. The highest BCUT2D eigenvalue weighted by atomic mass is 16.5. The first-order valence-corrected chi connectivity index (χ1v) is 6.97. The van der Waals surface area contributed by atoms with Crippen LogP contribution in [0.3, 0.4) is 0 Å². The Morgan fingerprint density at radius 2 is 1.72 bits per heavy atom. The molecule has 0 heterocycles. The van der Waals surface area contributed by atoms with E-state index in [2.05, 4.69) is 39.8 Å². The van der Waals surface area contributed by atoms with Crippen molar-refractivity contribution < 1.29 is 4.74 Å². The molecule has 1 aromatic carbocycles. The SMILES string of the molecule is CCCCC[C@@H](N)c1ccc(OC(C)(C)C)cc1. The maximum absolute atomic E-state index is 6.17. The number of benzene rings is 1. The van der Waals surface area contributed by atoms with E-state index in [0.717, 1.165) is 12.2 Å². The first kappa shape index (κ1) is 15.0. The van der Waals surface area contributed by atoms with Gasteiger partial charge in [0.25, 0.3) is 0 Å². The topological polar surface area (TPSA) is 35.2 Å². The molecule has 0 aliphatic heterocycles. The summed E-state index contributed by atoms with van der Waals surface area (Å²) >= 11 is 0. The third-order valence-corrected chi connectivity index (χ3v) is 2.85. The third kappa shape index (κ3) is 5.54. The minimum Gasteiger partial charge on any atom is -0.488 e. The smallest absolute Gasteiger partial charge is 0.120 e. The van der Waals surface area contributed by atoms with Gasteiger partial charge in [-0.25, -0.2) is 0 Å². The average Bonchev–Trinajstić information content (AvgIpc) is 2.28. The number of hydrogen-bond acceptors (Lipinski definition) is 2. The van der Waals surface area contributed by atoms with Crippen LogP contribution in [0.1, 0.15) is 65.0 Å². The van der Waals surface area contributed by atoms with Crippen molar-refractivity contribution >= 4 is 0 Å². The molecule has 0 spiro atoms. The van der Waals surface area contributed by atoms with Gasteiger partial charge in [-0.15, -0.1) is 0 Å². The zero-order valence-electron chi connectivity index (χ0n) is 12.2. The van der Waals surface area contributed by atoms with E-state index >= 15 is 0 Å². The largest absolute Gasteiger partial charge is 0.488 e. The fraction of sp³-hybridized carbons (Fsp3) is 0.625. The molecule has 0 saturated heterocycles. The summed E-state index contributed by atoms with van der Waals surface area (Å²) in [6.45, 7) is 8.37. The summed E-state index contributed by atoms with van der Waals surface area (Å²) in [6, 6.07) is 8.34. The molecule has 2 heteroatoms. The Hall–Kier alpha value is -1.02. The standard InChI is InChI=1S/C16H27NO/c1-5-6-7-8-15(17)13-9-11-14(12-10-13)18-16(2,3)4/h9-12,15H,5-8,17H2,1-4H3/t15-/m1/s1. The van der Waals surface area contributed by atoms with Crippen LogP contribution >= 0.6 is 0 Å². The van der Waals surface area contributed by atoms with Crippen LogP contribution in [-0.4, -0.2) is 5.60 Å². The van der Waals surface area contributed by atoms with E-state index in [1.165, 1.54) is 24.8 Å². The second-order valence-electron chi connectivity index (χ2n) is 5.89. The van der Waals surface area contributed by atoms with E-state index in [-0.39, 0.29) is 11.6 Å². The van der Waals surface area contributed by atoms with E-state index < -0.39 is 0 Å². The van der Waals surface area contributed by atoms with Crippen molar-refractivity contribution in [2.45, 2.75) is 65.0 Å². The van der Waals surface area contributed by atoms with Gasteiger partial charge in [0.05, 0.1) is 0 Å². The van der Waals surface area contributed by atoms with Crippen LogP contribution in [0.2, 0.25) is 0 Å². The number of unbranched alkanes of at least 4 members (excludes halogenated alkanes) is 2. The molecule has 2 nitrogen and oxygen atoms in total. The van der Waals surface area contributed by atoms with Crippen LogP contribution in [0.25, 0.3) is 0 Å². The summed E-state index contributed by atoms with van der Waals surface area (Å²) in [5.74, 6) is 0.909. The Morgan fingerprint density at radius 3 is 2.22 bits per heavy atom. The van der Waals surface area contributed by atoms with Crippen LogP contribution in [-0.2, 0) is 0 Å². The van der Waals surface area contributed by atoms with Crippen molar-refractivity contribution in [3.8, 4) is 5.75 Å². The summed E-state index contributed by atoms with van der Waals surface area (Å²) in [5, 5.41) is 0. The van der Waals surface area contributed by atoms with Gasteiger partial charge in [0.2, 0.25) is 0 Å². The third-order valence-electron chi connectivity index (χ3n) is 2.85. The number of ether oxygens (including phenoxy) is 1. The Balaban J connectivity index is 2.54. The lowest BCUT2D eigenvalue weighted by Crippen LogP contribution is -2.22. The molecule has 18 heavy (non-hydrogen) atoms. The van der Waals surface area contributed by atoms with Gasteiger partial charge in [-0.2, -0.15) is 0 Å². The zero-order chi connectivity index (χ0) is 13.6. The molecule has 0 aliphatic rings. The van der Waals surface area contributed by atoms with Crippen LogP contribution in [0.15, 0.2) is 24.3 Å². The lowest BCUT2D eigenvalue weighted by Gasteiger charge is -2.21. The van der Waals surface area contributed by atoms with Gasteiger partial charge in [-0.3, -0.25) is 0 Å². The van der Waals surface area contributed by atoms with Gasteiger partial charge in [-0.1, -0.05) is 38.3 Å². The minimum absolute atomic E-state index is 0.148. The van der Waals surface area contributed by atoms with E-state index in [1.54, 1.807) is 0 Å². The lowest BCUT2D eigenvalue weighted by atomic mass is 10.0. The summed E-state index contributed by atoms with van der Waals surface area (Å²) in [6.07, 6.45) is 4.77. The van der Waals surface area contributed by atoms with E-state index in [9.17, 15) is 0 Å². The highest BCUT2D eigenvalue weighted by molar-refractivity contribution is 5.29. The summed E-state index contributed by atoms with van der Waals surface area (Å²) < 4.78 is 5.79. The second kappa shape index (κ2) is 6.79.